The molecule has 0 saturated carbocycles. The highest BCUT2D eigenvalue weighted by Crippen LogP contribution is 2.27. The number of likely N-dealkylation sites (N-methyl/N-ethyl adjacent to an activating group) is 1. The van der Waals surface area contributed by atoms with E-state index in [2.05, 4.69) is 36.9 Å². The summed E-state index contributed by atoms with van der Waals surface area (Å²) in [6.07, 6.45) is 0.941. The largest absolute Gasteiger partial charge is 0.375 e. The Kier molecular flexibility index (Phi) is 6.75. The SMILES string of the molecule is CCc1c(Cl)cccc1N(CC)CCOCc1ccccc1. The van der Waals surface area contributed by atoms with Crippen LogP contribution >= 0.6 is 11.6 Å². The highest BCUT2D eigenvalue weighted by molar-refractivity contribution is 6.31. The lowest BCUT2D eigenvalue weighted by Gasteiger charge is -2.26. The van der Waals surface area contributed by atoms with E-state index in [-0.39, 0.29) is 0 Å². The van der Waals surface area contributed by atoms with Crippen LogP contribution in [0.2, 0.25) is 5.02 Å². The van der Waals surface area contributed by atoms with E-state index < -0.39 is 0 Å². The fourth-order valence-electron chi connectivity index (χ4n) is 2.58. The Morgan fingerprint density at radius 3 is 2.45 bits per heavy atom. The van der Waals surface area contributed by atoms with Crippen LogP contribution in [0.15, 0.2) is 48.5 Å². The average Bonchev–Trinajstić information content (AvgIpc) is 2.56. The third-order valence-electron chi connectivity index (χ3n) is 3.79. The number of halogens is 1. The molecule has 0 fully saturated rings. The Labute approximate surface area is 138 Å². The van der Waals surface area contributed by atoms with Gasteiger partial charge in [-0.25, -0.2) is 0 Å². The molecule has 0 spiro atoms. The number of hydrogen-bond acceptors (Lipinski definition) is 2. The van der Waals surface area contributed by atoms with E-state index >= 15 is 0 Å². The van der Waals surface area contributed by atoms with E-state index in [0.717, 1.165) is 24.5 Å². The van der Waals surface area contributed by atoms with Crippen molar-refractivity contribution in [3.63, 3.8) is 0 Å². The summed E-state index contributed by atoms with van der Waals surface area (Å²) in [4.78, 5) is 2.33. The number of nitrogens with zero attached hydrogens (tertiary/aromatic N) is 1. The van der Waals surface area contributed by atoms with Gasteiger partial charge < -0.3 is 9.64 Å². The van der Waals surface area contributed by atoms with Crippen LogP contribution in [0.5, 0.6) is 0 Å². The Bertz CT molecular complexity index is 571. The quantitative estimate of drug-likeness (QED) is 0.639. The number of benzene rings is 2. The Balaban J connectivity index is 1.91. The second-order valence-corrected chi connectivity index (χ2v) is 5.62. The summed E-state index contributed by atoms with van der Waals surface area (Å²) in [7, 11) is 0. The van der Waals surface area contributed by atoms with Gasteiger partial charge in [0.25, 0.3) is 0 Å². The predicted octanol–water partition coefficient (Wildman–Crippen LogP) is 4.95. The van der Waals surface area contributed by atoms with Crippen LogP contribution in [0.3, 0.4) is 0 Å². The highest BCUT2D eigenvalue weighted by Gasteiger charge is 2.11. The second-order valence-electron chi connectivity index (χ2n) is 5.21. The summed E-state index contributed by atoms with van der Waals surface area (Å²) in [6, 6.07) is 16.4. The zero-order valence-corrected chi connectivity index (χ0v) is 14.1. The molecule has 3 heteroatoms. The Morgan fingerprint density at radius 2 is 1.77 bits per heavy atom. The molecule has 0 aliphatic heterocycles. The summed E-state index contributed by atoms with van der Waals surface area (Å²) < 4.78 is 5.80. The van der Waals surface area contributed by atoms with E-state index in [0.29, 0.717) is 13.2 Å². The molecule has 2 rings (SSSR count). The van der Waals surface area contributed by atoms with Crippen molar-refractivity contribution in [3.8, 4) is 0 Å². The molecule has 0 aliphatic rings. The summed E-state index contributed by atoms with van der Waals surface area (Å²) in [5, 5.41) is 0.851. The van der Waals surface area contributed by atoms with Crippen molar-refractivity contribution in [2.24, 2.45) is 0 Å². The lowest BCUT2D eigenvalue weighted by molar-refractivity contribution is 0.127. The first kappa shape index (κ1) is 16.9. The van der Waals surface area contributed by atoms with Crippen LogP contribution in [0.1, 0.15) is 25.0 Å². The van der Waals surface area contributed by atoms with Crippen LogP contribution in [-0.2, 0) is 17.8 Å². The maximum absolute atomic E-state index is 6.31. The molecule has 0 unspecified atom stereocenters. The van der Waals surface area contributed by atoms with Gasteiger partial charge in [-0.2, -0.15) is 0 Å². The van der Waals surface area contributed by atoms with Gasteiger partial charge in [0.2, 0.25) is 0 Å². The molecule has 0 amide bonds. The molecule has 0 N–H and O–H groups in total. The molecule has 22 heavy (non-hydrogen) atoms. The maximum atomic E-state index is 6.31. The fraction of sp³-hybridized carbons (Fsp3) is 0.368. The maximum Gasteiger partial charge on any atom is 0.0717 e. The topological polar surface area (TPSA) is 12.5 Å². The van der Waals surface area contributed by atoms with Gasteiger partial charge in [0, 0.05) is 23.8 Å². The van der Waals surface area contributed by atoms with Gasteiger partial charge in [-0.05, 0) is 36.6 Å². The molecule has 0 atom stereocenters. The highest BCUT2D eigenvalue weighted by atomic mass is 35.5. The van der Waals surface area contributed by atoms with Gasteiger partial charge in [-0.1, -0.05) is 54.9 Å². The number of rotatable bonds is 8. The van der Waals surface area contributed by atoms with Gasteiger partial charge in [-0.3, -0.25) is 0 Å². The van der Waals surface area contributed by atoms with Gasteiger partial charge in [-0.15, -0.1) is 0 Å². The zero-order chi connectivity index (χ0) is 15.8. The molecule has 0 radical (unpaired) electrons. The molecule has 0 aliphatic carbocycles. The van der Waals surface area contributed by atoms with Crippen LogP contribution in [0.25, 0.3) is 0 Å². The molecule has 118 valence electrons. The van der Waals surface area contributed by atoms with E-state index in [4.69, 9.17) is 16.3 Å². The van der Waals surface area contributed by atoms with Crippen molar-refractivity contribution in [1.29, 1.82) is 0 Å². The van der Waals surface area contributed by atoms with Crippen molar-refractivity contribution in [3.05, 3.63) is 64.7 Å². The van der Waals surface area contributed by atoms with Crippen LogP contribution in [0, 0.1) is 0 Å². The Hall–Kier alpha value is -1.51. The molecule has 0 saturated heterocycles. The minimum atomic E-state index is 0.661. The molecule has 2 nitrogen and oxygen atoms in total. The van der Waals surface area contributed by atoms with Crippen LogP contribution in [-0.4, -0.2) is 19.7 Å². The third-order valence-corrected chi connectivity index (χ3v) is 4.14. The summed E-state index contributed by atoms with van der Waals surface area (Å²) in [6.45, 7) is 7.49. The first-order valence-electron chi connectivity index (χ1n) is 7.90. The lowest BCUT2D eigenvalue weighted by Crippen LogP contribution is -2.28. The number of anilines is 1. The molecule has 0 aromatic heterocycles. The minimum Gasteiger partial charge on any atom is -0.375 e. The molecular weight excluding hydrogens is 294 g/mol. The lowest BCUT2D eigenvalue weighted by atomic mass is 10.1. The first-order valence-corrected chi connectivity index (χ1v) is 8.28. The summed E-state index contributed by atoms with van der Waals surface area (Å²) in [5.74, 6) is 0. The normalized spacial score (nSPS) is 10.7. The minimum absolute atomic E-state index is 0.661. The summed E-state index contributed by atoms with van der Waals surface area (Å²) in [5.41, 5.74) is 3.65. The first-order chi connectivity index (χ1) is 10.8. The third kappa shape index (κ3) is 4.49. The average molecular weight is 318 g/mol. The standard InChI is InChI=1S/C19H24ClNO/c1-3-17-18(20)11-8-12-19(17)21(4-2)13-14-22-15-16-9-6-5-7-10-16/h5-12H,3-4,13-15H2,1-2H3. The van der Waals surface area contributed by atoms with Crippen molar-refractivity contribution >= 4 is 17.3 Å². The van der Waals surface area contributed by atoms with E-state index in [1.807, 2.05) is 30.3 Å². The van der Waals surface area contributed by atoms with E-state index in [1.54, 1.807) is 0 Å². The number of ether oxygens (including phenoxy) is 1. The molecular formula is C19H24ClNO. The molecule has 0 bridgehead atoms. The predicted molar refractivity (Wildman–Crippen MR) is 94.8 cm³/mol. The van der Waals surface area contributed by atoms with Gasteiger partial charge in [0.05, 0.1) is 13.2 Å². The van der Waals surface area contributed by atoms with E-state index in [9.17, 15) is 0 Å². The Morgan fingerprint density at radius 1 is 1.00 bits per heavy atom. The monoisotopic (exact) mass is 317 g/mol. The van der Waals surface area contributed by atoms with E-state index in [1.165, 1.54) is 16.8 Å². The zero-order valence-electron chi connectivity index (χ0n) is 13.4. The fourth-order valence-corrected chi connectivity index (χ4v) is 2.88. The van der Waals surface area contributed by atoms with Crippen LogP contribution < -0.4 is 4.90 Å². The van der Waals surface area contributed by atoms with Crippen molar-refractivity contribution in [2.75, 3.05) is 24.6 Å². The molecule has 0 heterocycles. The van der Waals surface area contributed by atoms with Gasteiger partial charge in [0.15, 0.2) is 0 Å². The van der Waals surface area contributed by atoms with Crippen molar-refractivity contribution in [1.82, 2.24) is 0 Å². The number of hydrogen-bond donors (Lipinski definition) is 0. The van der Waals surface area contributed by atoms with Gasteiger partial charge in [0.1, 0.15) is 0 Å². The molecule has 2 aromatic carbocycles. The summed E-state index contributed by atoms with van der Waals surface area (Å²) >= 11 is 6.31. The van der Waals surface area contributed by atoms with Crippen molar-refractivity contribution in [2.45, 2.75) is 26.9 Å². The second kappa shape index (κ2) is 8.82. The van der Waals surface area contributed by atoms with Crippen molar-refractivity contribution < 1.29 is 4.74 Å². The van der Waals surface area contributed by atoms with Gasteiger partial charge >= 0.3 is 0 Å². The molecule has 2 aromatic rings. The van der Waals surface area contributed by atoms with Crippen LogP contribution in [0.4, 0.5) is 5.69 Å². The smallest absolute Gasteiger partial charge is 0.0717 e.